The third-order valence-corrected chi connectivity index (χ3v) is 5.27. The molecule has 3 rings (SSSR count). The van der Waals surface area contributed by atoms with Gasteiger partial charge in [-0.1, -0.05) is 19.9 Å². The fourth-order valence-electron chi connectivity index (χ4n) is 3.68. The van der Waals surface area contributed by atoms with Crippen molar-refractivity contribution in [2.45, 2.75) is 65.0 Å². The van der Waals surface area contributed by atoms with E-state index in [4.69, 9.17) is 4.74 Å². The van der Waals surface area contributed by atoms with Crippen molar-refractivity contribution in [3.63, 3.8) is 0 Å². The van der Waals surface area contributed by atoms with Crippen LogP contribution in [-0.4, -0.2) is 30.5 Å². The van der Waals surface area contributed by atoms with E-state index in [0.29, 0.717) is 17.9 Å². The lowest BCUT2D eigenvalue weighted by Gasteiger charge is -2.34. The SMILES string of the molecule is CCC1Oc2ccc(C)cc2N(CC(=O)NC2CCC(C)CC2)C1=O. The summed E-state index contributed by atoms with van der Waals surface area (Å²) in [6, 6.07) is 5.99. The van der Waals surface area contributed by atoms with Crippen molar-refractivity contribution in [1.29, 1.82) is 0 Å². The molecule has 136 valence electrons. The van der Waals surface area contributed by atoms with Gasteiger partial charge in [-0.2, -0.15) is 0 Å². The van der Waals surface area contributed by atoms with Gasteiger partial charge in [0, 0.05) is 6.04 Å². The van der Waals surface area contributed by atoms with Crippen molar-refractivity contribution in [3.05, 3.63) is 23.8 Å². The molecule has 2 amide bonds. The topological polar surface area (TPSA) is 58.6 Å². The number of fused-ring (bicyclic) bond motifs is 1. The number of hydrogen-bond donors (Lipinski definition) is 1. The van der Waals surface area contributed by atoms with E-state index in [-0.39, 0.29) is 24.4 Å². The lowest BCUT2D eigenvalue weighted by atomic mass is 9.87. The maximum absolute atomic E-state index is 12.7. The average Bonchev–Trinajstić information content (AvgIpc) is 2.59. The van der Waals surface area contributed by atoms with E-state index in [1.807, 2.05) is 32.0 Å². The van der Waals surface area contributed by atoms with Crippen molar-refractivity contribution in [3.8, 4) is 5.75 Å². The van der Waals surface area contributed by atoms with Crippen molar-refractivity contribution in [2.75, 3.05) is 11.4 Å². The quantitative estimate of drug-likeness (QED) is 0.912. The molecule has 0 spiro atoms. The van der Waals surface area contributed by atoms with E-state index >= 15 is 0 Å². The van der Waals surface area contributed by atoms with Gasteiger partial charge in [-0.3, -0.25) is 14.5 Å². The van der Waals surface area contributed by atoms with Gasteiger partial charge in [-0.05, 0) is 62.6 Å². The van der Waals surface area contributed by atoms with Crippen LogP contribution in [0.1, 0.15) is 51.5 Å². The lowest BCUT2D eigenvalue weighted by Crippen LogP contribution is -2.51. The average molecular weight is 344 g/mol. The molecule has 5 nitrogen and oxygen atoms in total. The first-order valence-electron chi connectivity index (χ1n) is 9.36. The number of carbonyl (C=O) groups excluding carboxylic acids is 2. The van der Waals surface area contributed by atoms with E-state index in [1.165, 1.54) is 0 Å². The molecule has 1 aliphatic heterocycles. The second kappa shape index (κ2) is 7.46. The van der Waals surface area contributed by atoms with Gasteiger partial charge >= 0.3 is 0 Å². The number of benzene rings is 1. The molecule has 1 heterocycles. The highest BCUT2D eigenvalue weighted by molar-refractivity contribution is 6.03. The van der Waals surface area contributed by atoms with E-state index in [9.17, 15) is 9.59 Å². The Labute approximate surface area is 149 Å². The van der Waals surface area contributed by atoms with Gasteiger partial charge in [0.15, 0.2) is 6.10 Å². The molecule has 2 aliphatic rings. The molecule has 25 heavy (non-hydrogen) atoms. The van der Waals surface area contributed by atoms with Crippen LogP contribution in [-0.2, 0) is 9.59 Å². The Morgan fingerprint density at radius 1 is 1.28 bits per heavy atom. The number of nitrogens with one attached hydrogen (secondary N) is 1. The number of anilines is 1. The molecule has 0 bridgehead atoms. The summed E-state index contributed by atoms with van der Waals surface area (Å²) in [5.41, 5.74) is 1.74. The summed E-state index contributed by atoms with van der Waals surface area (Å²) in [6.45, 7) is 6.21. The first-order valence-corrected chi connectivity index (χ1v) is 9.36. The fourth-order valence-corrected chi connectivity index (χ4v) is 3.68. The van der Waals surface area contributed by atoms with Crippen LogP contribution in [0, 0.1) is 12.8 Å². The van der Waals surface area contributed by atoms with Gasteiger partial charge in [0.25, 0.3) is 5.91 Å². The number of aryl methyl sites for hydroxylation is 1. The van der Waals surface area contributed by atoms with Crippen LogP contribution in [0.3, 0.4) is 0 Å². The van der Waals surface area contributed by atoms with Crippen LogP contribution in [0.4, 0.5) is 5.69 Å². The fraction of sp³-hybridized carbons (Fsp3) is 0.600. The Kier molecular flexibility index (Phi) is 5.30. The predicted octanol–water partition coefficient (Wildman–Crippen LogP) is 3.19. The third kappa shape index (κ3) is 3.97. The van der Waals surface area contributed by atoms with E-state index in [1.54, 1.807) is 4.90 Å². The molecule has 1 aromatic carbocycles. The van der Waals surface area contributed by atoms with Gasteiger partial charge in [0.2, 0.25) is 5.91 Å². The summed E-state index contributed by atoms with van der Waals surface area (Å²) in [7, 11) is 0. The molecule has 1 N–H and O–H groups in total. The van der Waals surface area contributed by atoms with Crippen LogP contribution in [0.5, 0.6) is 5.75 Å². The normalized spacial score (nSPS) is 26.0. The van der Waals surface area contributed by atoms with Crippen LogP contribution < -0.4 is 15.0 Å². The van der Waals surface area contributed by atoms with Gasteiger partial charge in [0.05, 0.1) is 5.69 Å². The number of ether oxygens (including phenoxy) is 1. The van der Waals surface area contributed by atoms with E-state index < -0.39 is 6.10 Å². The third-order valence-electron chi connectivity index (χ3n) is 5.27. The standard InChI is InChI=1S/C20H28N2O3/c1-4-17-20(24)22(16-11-14(3)7-10-18(16)25-17)12-19(23)21-15-8-5-13(2)6-9-15/h7,10-11,13,15,17H,4-6,8-9,12H2,1-3H3,(H,21,23). The second-order valence-electron chi connectivity index (χ2n) is 7.43. The second-order valence-corrected chi connectivity index (χ2v) is 7.43. The number of amides is 2. The Bertz CT molecular complexity index is 650. The molecule has 0 saturated heterocycles. The zero-order valence-electron chi connectivity index (χ0n) is 15.4. The molecule has 1 atom stereocenters. The lowest BCUT2D eigenvalue weighted by molar-refractivity contribution is -0.129. The van der Waals surface area contributed by atoms with Gasteiger partial charge < -0.3 is 10.1 Å². The van der Waals surface area contributed by atoms with E-state index in [0.717, 1.165) is 37.2 Å². The highest BCUT2D eigenvalue weighted by Crippen LogP contribution is 2.35. The minimum atomic E-state index is -0.515. The van der Waals surface area contributed by atoms with Crippen molar-refractivity contribution >= 4 is 17.5 Å². The Balaban J connectivity index is 1.72. The predicted molar refractivity (Wildman–Crippen MR) is 97.8 cm³/mol. The summed E-state index contributed by atoms with van der Waals surface area (Å²) in [6.07, 6.45) is 4.43. The summed E-state index contributed by atoms with van der Waals surface area (Å²) in [5.74, 6) is 1.20. The first-order chi connectivity index (χ1) is 12.0. The molecule has 1 fully saturated rings. The zero-order chi connectivity index (χ0) is 18.0. The number of nitrogens with zero attached hydrogens (tertiary/aromatic N) is 1. The smallest absolute Gasteiger partial charge is 0.268 e. The largest absolute Gasteiger partial charge is 0.478 e. The molecule has 0 radical (unpaired) electrons. The maximum Gasteiger partial charge on any atom is 0.268 e. The molecular formula is C20H28N2O3. The molecule has 1 aromatic rings. The van der Waals surface area contributed by atoms with Crippen molar-refractivity contribution in [1.82, 2.24) is 5.32 Å². The molecule has 1 aliphatic carbocycles. The van der Waals surface area contributed by atoms with Gasteiger partial charge in [0.1, 0.15) is 12.3 Å². The molecule has 1 saturated carbocycles. The van der Waals surface area contributed by atoms with Crippen LogP contribution in [0.25, 0.3) is 0 Å². The van der Waals surface area contributed by atoms with Crippen molar-refractivity contribution in [2.24, 2.45) is 5.92 Å². The van der Waals surface area contributed by atoms with Crippen molar-refractivity contribution < 1.29 is 14.3 Å². The van der Waals surface area contributed by atoms with Crippen LogP contribution >= 0.6 is 0 Å². The highest BCUT2D eigenvalue weighted by atomic mass is 16.5. The number of rotatable bonds is 4. The monoisotopic (exact) mass is 344 g/mol. The Hall–Kier alpha value is -2.04. The Morgan fingerprint density at radius 2 is 2.00 bits per heavy atom. The summed E-state index contributed by atoms with van der Waals surface area (Å²) in [4.78, 5) is 26.9. The van der Waals surface area contributed by atoms with Crippen LogP contribution in [0.15, 0.2) is 18.2 Å². The number of hydrogen-bond acceptors (Lipinski definition) is 3. The highest BCUT2D eigenvalue weighted by Gasteiger charge is 2.34. The first kappa shape index (κ1) is 17.8. The molecular weight excluding hydrogens is 316 g/mol. The summed E-state index contributed by atoms with van der Waals surface area (Å²) >= 11 is 0. The molecule has 1 unspecified atom stereocenters. The maximum atomic E-state index is 12.7. The number of carbonyl (C=O) groups is 2. The molecule has 5 heteroatoms. The Morgan fingerprint density at radius 3 is 2.68 bits per heavy atom. The summed E-state index contributed by atoms with van der Waals surface area (Å²) < 4.78 is 5.80. The van der Waals surface area contributed by atoms with Gasteiger partial charge in [-0.15, -0.1) is 0 Å². The minimum Gasteiger partial charge on any atom is -0.478 e. The minimum absolute atomic E-state index is 0.0567. The van der Waals surface area contributed by atoms with Crippen LogP contribution in [0.2, 0.25) is 0 Å². The van der Waals surface area contributed by atoms with Gasteiger partial charge in [-0.25, -0.2) is 0 Å². The van der Waals surface area contributed by atoms with E-state index in [2.05, 4.69) is 12.2 Å². The summed E-state index contributed by atoms with van der Waals surface area (Å²) in [5, 5.41) is 3.11. The zero-order valence-corrected chi connectivity index (χ0v) is 15.4. The molecule has 0 aromatic heterocycles.